The minimum absolute atomic E-state index is 0.271. The number of esters is 1. The van der Waals surface area contributed by atoms with Gasteiger partial charge in [-0.1, -0.05) is 30.3 Å². The first-order valence-corrected chi connectivity index (χ1v) is 9.24. The van der Waals surface area contributed by atoms with Gasteiger partial charge in [0.05, 0.1) is 42.4 Å². The van der Waals surface area contributed by atoms with Crippen LogP contribution in [0.15, 0.2) is 73.1 Å². The van der Waals surface area contributed by atoms with E-state index in [1.807, 2.05) is 28.8 Å². The number of carbonyl (C=O) groups excluding carboxylic acids is 2. The fraction of sp³-hybridized carbons (Fsp3) is 0.0870. The average Bonchev–Trinajstić information content (AvgIpc) is 3.14. The van der Waals surface area contributed by atoms with Crippen molar-refractivity contribution in [2.24, 2.45) is 0 Å². The predicted molar refractivity (Wildman–Crippen MR) is 111 cm³/mol. The second-order valence-electron chi connectivity index (χ2n) is 6.65. The number of nitrogens with zero attached hydrogens (tertiary/aromatic N) is 2. The van der Waals surface area contributed by atoms with Gasteiger partial charge in [-0.05, 0) is 30.3 Å². The molecule has 0 saturated carbocycles. The quantitative estimate of drug-likeness (QED) is 0.505. The Labute approximate surface area is 171 Å². The fourth-order valence-electron chi connectivity index (χ4n) is 3.30. The molecule has 0 atom stereocenters. The Morgan fingerprint density at radius 2 is 1.80 bits per heavy atom. The molecule has 0 aliphatic heterocycles. The van der Waals surface area contributed by atoms with Gasteiger partial charge in [0.15, 0.2) is 0 Å². The number of pyridine rings is 1. The molecule has 150 valence electrons. The van der Waals surface area contributed by atoms with E-state index >= 15 is 0 Å². The molecule has 0 radical (unpaired) electrons. The molecule has 2 aromatic heterocycles. The molecule has 6 nitrogen and oxygen atoms in total. The van der Waals surface area contributed by atoms with Gasteiger partial charge in [-0.15, -0.1) is 0 Å². The molecule has 30 heavy (non-hydrogen) atoms. The second kappa shape index (κ2) is 8.16. The monoisotopic (exact) mass is 403 g/mol. The van der Waals surface area contributed by atoms with Crippen molar-refractivity contribution in [2.75, 3.05) is 12.4 Å². The van der Waals surface area contributed by atoms with Gasteiger partial charge < -0.3 is 14.6 Å². The summed E-state index contributed by atoms with van der Waals surface area (Å²) in [5, 5.41) is 3.56. The van der Waals surface area contributed by atoms with E-state index in [-0.39, 0.29) is 11.5 Å². The Kier molecular flexibility index (Phi) is 5.26. The standard InChI is InChI=1S/C23H18FN3O3/c1-30-23(29)18-7-2-4-8-20(18)26-22(28)19-14-27(21-9-5-3-6-17(19)21)13-16-11-10-15(24)12-25-16/h2-12,14H,13H2,1H3,(H,26,28). The summed E-state index contributed by atoms with van der Waals surface area (Å²) < 4.78 is 19.8. The van der Waals surface area contributed by atoms with Gasteiger partial charge in [0, 0.05) is 17.1 Å². The average molecular weight is 403 g/mol. The van der Waals surface area contributed by atoms with E-state index in [9.17, 15) is 14.0 Å². The third kappa shape index (κ3) is 3.77. The molecular formula is C23H18FN3O3. The first-order chi connectivity index (χ1) is 14.6. The third-order valence-electron chi connectivity index (χ3n) is 4.73. The maximum atomic E-state index is 13.2. The van der Waals surface area contributed by atoms with Crippen LogP contribution >= 0.6 is 0 Å². The molecular weight excluding hydrogens is 385 g/mol. The van der Waals surface area contributed by atoms with Crippen molar-refractivity contribution in [3.63, 3.8) is 0 Å². The first kappa shape index (κ1) is 19.3. The molecule has 1 amide bonds. The highest BCUT2D eigenvalue weighted by Gasteiger charge is 2.18. The molecule has 0 saturated heterocycles. The van der Waals surface area contributed by atoms with Crippen LogP contribution in [0.3, 0.4) is 0 Å². The SMILES string of the molecule is COC(=O)c1ccccc1NC(=O)c1cn(Cc2ccc(F)cn2)c2ccccc12. The zero-order valence-electron chi connectivity index (χ0n) is 16.1. The normalized spacial score (nSPS) is 10.7. The number of rotatable bonds is 5. The van der Waals surface area contributed by atoms with Gasteiger partial charge in [0.2, 0.25) is 0 Å². The Morgan fingerprint density at radius 3 is 2.57 bits per heavy atom. The lowest BCUT2D eigenvalue weighted by molar-refractivity contribution is 0.0602. The number of ether oxygens (including phenoxy) is 1. The van der Waals surface area contributed by atoms with Crippen LogP contribution < -0.4 is 5.32 Å². The molecule has 0 aliphatic rings. The van der Waals surface area contributed by atoms with Crippen LogP contribution in [0.5, 0.6) is 0 Å². The van der Waals surface area contributed by atoms with Crippen LogP contribution in [0.25, 0.3) is 10.9 Å². The molecule has 7 heteroatoms. The maximum absolute atomic E-state index is 13.2. The number of halogens is 1. The minimum atomic E-state index is -0.532. The van der Waals surface area contributed by atoms with E-state index in [0.717, 1.165) is 10.9 Å². The lowest BCUT2D eigenvalue weighted by Gasteiger charge is -2.09. The van der Waals surface area contributed by atoms with Crippen molar-refractivity contribution in [1.29, 1.82) is 0 Å². The molecule has 0 unspecified atom stereocenters. The zero-order chi connectivity index (χ0) is 21.1. The van der Waals surface area contributed by atoms with Gasteiger partial charge in [0.25, 0.3) is 5.91 Å². The number of methoxy groups -OCH3 is 1. The molecule has 1 N–H and O–H groups in total. The summed E-state index contributed by atoms with van der Waals surface area (Å²) in [6, 6.07) is 17.1. The molecule has 0 aliphatic carbocycles. The molecule has 4 aromatic rings. The summed E-state index contributed by atoms with van der Waals surface area (Å²) in [5.74, 6) is -1.29. The van der Waals surface area contributed by atoms with E-state index < -0.39 is 11.8 Å². The van der Waals surface area contributed by atoms with Gasteiger partial charge in [-0.3, -0.25) is 9.78 Å². The molecule has 2 aromatic carbocycles. The van der Waals surface area contributed by atoms with E-state index in [1.54, 1.807) is 36.5 Å². The van der Waals surface area contributed by atoms with Crippen LogP contribution in [-0.4, -0.2) is 28.5 Å². The van der Waals surface area contributed by atoms with E-state index in [1.165, 1.54) is 19.4 Å². The highest BCUT2D eigenvalue weighted by atomic mass is 19.1. The number of carbonyl (C=O) groups is 2. The fourth-order valence-corrected chi connectivity index (χ4v) is 3.30. The number of hydrogen-bond donors (Lipinski definition) is 1. The molecule has 0 fully saturated rings. The van der Waals surface area contributed by atoms with Crippen molar-refractivity contribution in [3.8, 4) is 0 Å². The summed E-state index contributed by atoms with van der Waals surface area (Å²) in [6.07, 6.45) is 2.89. The zero-order valence-corrected chi connectivity index (χ0v) is 16.1. The van der Waals surface area contributed by atoms with Crippen LogP contribution in [0, 0.1) is 5.82 Å². The second-order valence-corrected chi connectivity index (χ2v) is 6.65. The van der Waals surface area contributed by atoms with Crippen molar-refractivity contribution in [3.05, 3.63) is 95.7 Å². The van der Waals surface area contributed by atoms with Crippen molar-refractivity contribution in [1.82, 2.24) is 9.55 Å². The number of nitrogens with one attached hydrogen (secondary N) is 1. The topological polar surface area (TPSA) is 73.2 Å². The van der Waals surface area contributed by atoms with Gasteiger partial charge in [-0.2, -0.15) is 0 Å². The van der Waals surface area contributed by atoms with Crippen LogP contribution in [0.4, 0.5) is 10.1 Å². The number of aromatic nitrogens is 2. The number of anilines is 1. The van der Waals surface area contributed by atoms with Crippen LogP contribution in [-0.2, 0) is 11.3 Å². The van der Waals surface area contributed by atoms with Gasteiger partial charge in [-0.25, -0.2) is 9.18 Å². The molecule has 0 spiro atoms. The van der Waals surface area contributed by atoms with E-state index in [4.69, 9.17) is 4.74 Å². The van der Waals surface area contributed by atoms with Crippen molar-refractivity contribution >= 4 is 28.5 Å². The number of fused-ring (bicyclic) bond motifs is 1. The third-order valence-corrected chi connectivity index (χ3v) is 4.73. The van der Waals surface area contributed by atoms with Crippen molar-refractivity contribution < 1.29 is 18.7 Å². The van der Waals surface area contributed by atoms with E-state index in [2.05, 4.69) is 10.3 Å². The number of para-hydroxylation sites is 2. The first-order valence-electron chi connectivity index (χ1n) is 9.24. The summed E-state index contributed by atoms with van der Waals surface area (Å²) in [7, 11) is 1.29. The summed E-state index contributed by atoms with van der Waals surface area (Å²) in [5.41, 5.74) is 2.60. The number of amides is 1. The summed E-state index contributed by atoms with van der Waals surface area (Å²) in [4.78, 5) is 29.1. The van der Waals surface area contributed by atoms with Crippen LogP contribution in [0.2, 0.25) is 0 Å². The Balaban J connectivity index is 1.69. The van der Waals surface area contributed by atoms with E-state index in [0.29, 0.717) is 23.5 Å². The summed E-state index contributed by atoms with van der Waals surface area (Å²) >= 11 is 0. The smallest absolute Gasteiger partial charge is 0.339 e. The summed E-state index contributed by atoms with van der Waals surface area (Å²) in [6.45, 7) is 0.382. The largest absolute Gasteiger partial charge is 0.465 e. The molecule has 2 heterocycles. The highest BCUT2D eigenvalue weighted by molar-refractivity contribution is 6.14. The van der Waals surface area contributed by atoms with Gasteiger partial charge in [0.1, 0.15) is 5.82 Å². The maximum Gasteiger partial charge on any atom is 0.339 e. The number of hydrogen-bond acceptors (Lipinski definition) is 4. The van der Waals surface area contributed by atoms with Gasteiger partial charge >= 0.3 is 5.97 Å². The molecule has 4 rings (SSSR count). The lowest BCUT2D eigenvalue weighted by Crippen LogP contribution is -2.15. The molecule has 0 bridgehead atoms. The number of benzene rings is 2. The Hall–Kier alpha value is -4.00. The Bertz CT molecular complexity index is 1230. The lowest BCUT2D eigenvalue weighted by atomic mass is 10.1. The Morgan fingerprint density at radius 1 is 1.03 bits per heavy atom. The minimum Gasteiger partial charge on any atom is -0.465 e. The highest BCUT2D eigenvalue weighted by Crippen LogP contribution is 2.24. The van der Waals surface area contributed by atoms with Crippen LogP contribution in [0.1, 0.15) is 26.4 Å². The van der Waals surface area contributed by atoms with Crippen molar-refractivity contribution in [2.45, 2.75) is 6.54 Å². The predicted octanol–water partition coefficient (Wildman–Crippen LogP) is 4.26.